The minimum Gasteiger partial charge on any atom is -0.480 e. The predicted octanol–water partition coefficient (Wildman–Crippen LogP) is 5.65. The number of ether oxygens (including phenoxy) is 1. The molecule has 3 aromatic rings. The van der Waals surface area contributed by atoms with Gasteiger partial charge in [0.15, 0.2) is 11.9 Å². The van der Waals surface area contributed by atoms with Crippen molar-refractivity contribution in [2.24, 2.45) is 0 Å². The number of hydrogen-bond donors (Lipinski definition) is 0. The van der Waals surface area contributed by atoms with Crippen LogP contribution in [0.1, 0.15) is 34.9 Å². The number of nitrogens with zero attached hydrogens (tertiary/aromatic N) is 1. The van der Waals surface area contributed by atoms with Gasteiger partial charge in [-0.05, 0) is 41.7 Å². The number of ketones is 1. The van der Waals surface area contributed by atoms with Crippen molar-refractivity contribution in [2.45, 2.75) is 18.9 Å². The lowest BCUT2D eigenvalue weighted by Gasteiger charge is -2.29. The van der Waals surface area contributed by atoms with Gasteiger partial charge in [-0.15, -0.1) is 0 Å². The molecule has 0 N–H and O–H groups in total. The zero-order chi connectivity index (χ0) is 19.6. The van der Waals surface area contributed by atoms with Crippen molar-refractivity contribution < 1.29 is 9.53 Å². The van der Waals surface area contributed by atoms with E-state index in [-0.39, 0.29) is 11.9 Å². The first kappa shape index (κ1) is 17.7. The molecule has 0 bridgehead atoms. The fraction of sp³-hybridized carbons (Fsp3) is 0.192. The molecule has 0 aliphatic carbocycles. The fourth-order valence-corrected chi connectivity index (χ4v) is 4.14. The molecule has 3 heteroatoms. The number of carbonyl (C=O) groups is 1. The van der Waals surface area contributed by atoms with Crippen molar-refractivity contribution in [1.29, 1.82) is 0 Å². The quantitative estimate of drug-likeness (QED) is 0.549. The maximum absolute atomic E-state index is 13.3. The Labute approximate surface area is 171 Å². The highest BCUT2D eigenvalue weighted by Gasteiger charge is 2.33. The molecule has 1 unspecified atom stereocenters. The lowest BCUT2D eigenvalue weighted by Crippen LogP contribution is -2.26. The van der Waals surface area contributed by atoms with Gasteiger partial charge in [0.2, 0.25) is 0 Å². The van der Waals surface area contributed by atoms with E-state index in [0.717, 1.165) is 29.8 Å². The first-order valence-electron chi connectivity index (χ1n) is 10.2. The van der Waals surface area contributed by atoms with Crippen LogP contribution in [0.5, 0.6) is 5.75 Å². The van der Waals surface area contributed by atoms with Gasteiger partial charge in [0.05, 0.1) is 11.1 Å². The Hall–Kier alpha value is -3.33. The summed E-state index contributed by atoms with van der Waals surface area (Å²) in [5.41, 5.74) is 4.70. The van der Waals surface area contributed by atoms with E-state index < -0.39 is 0 Å². The highest BCUT2D eigenvalue weighted by Crippen LogP contribution is 2.39. The van der Waals surface area contributed by atoms with Gasteiger partial charge >= 0.3 is 0 Å². The Bertz CT molecular complexity index is 1050. The van der Waals surface area contributed by atoms with Gasteiger partial charge in [0, 0.05) is 19.3 Å². The van der Waals surface area contributed by atoms with E-state index in [1.54, 1.807) is 0 Å². The third kappa shape index (κ3) is 3.44. The number of benzene rings is 3. The third-order valence-corrected chi connectivity index (χ3v) is 5.70. The molecular weight excluding hydrogens is 358 g/mol. The highest BCUT2D eigenvalue weighted by atomic mass is 16.5. The van der Waals surface area contributed by atoms with E-state index >= 15 is 0 Å². The lowest BCUT2D eigenvalue weighted by molar-refractivity contribution is 0.0956. The topological polar surface area (TPSA) is 29.5 Å². The molecule has 0 saturated carbocycles. The van der Waals surface area contributed by atoms with Crippen LogP contribution in [0.2, 0.25) is 0 Å². The van der Waals surface area contributed by atoms with Crippen LogP contribution in [-0.4, -0.2) is 23.8 Å². The molecular formula is C26H23NO2. The monoisotopic (exact) mass is 381 g/mol. The molecule has 0 amide bonds. The molecule has 3 nitrogen and oxygen atoms in total. The average Bonchev–Trinajstić information content (AvgIpc) is 3.30. The molecule has 0 radical (unpaired) electrons. The van der Waals surface area contributed by atoms with Crippen molar-refractivity contribution in [2.75, 3.05) is 13.1 Å². The van der Waals surface area contributed by atoms with Gasteiger partial charge < -0.3 is 9.64 Å². The Morgan fingerprint density at radius 3 is 2.21 bits per heavy atom. The van der Waals surface area contributed by atoms with Crippen molar-refractivity contribution >= 4 is 5.78 Å². The summed E-state index contributed by atoms with van der Waals surface area (Å²) in [7, 11) is 0. The van der Waals surface area contributed by atoms with Crippen LogP contribution >= 0.6 is 0 Å². The van der Waals surface area contributed by atoms with E-state index in [1.807, 2.05) is 48.7 Å². The fourth-order valence-electron chi connectivity index (χ4n) is 4.14. The normalized spacial score (nSPS) is 19.9. The third-order valence-electron chi connectivity index (χ3n) is 5.70. The van der Waals surface area contributed by atoms with Crippen LogP contribution in [0.4, 0.5) is 0 Å². The van der Waals surface area contributed by atoms with E-state index in [2.05, 4.69) is 41.3 Å². The van der Waals surface area contributed by atoms with E-state index in [0.29, 0.717) is 11.3 Å². The summed E-state index contributed by atoms with van der Waals surface area (Å²) in [6.07, 6.45) is 3.99. The molecule has 0 aromatic heterocycles. The molecule has 2 heterocycles. The summed E-state index contributed by atoms with van der Waals surface area (Å²) in [6, 6.07) is 26.2. The van der Waals surface area contributed by atoms with E-state index in [1.165, 1.54) is 18.4 Å². The van der Waals surface area contributed by atoms with Crippen LogP contribution in [0.15, 0.2) is 90.6 Å². The van der Waals surface area contributed by atoms with Crippen molar-refractivity contribution in [3.05, 3.63) is 102 Å². The second-order valence-corrected chi connectivity index (χ2v) is 7.64. The summed E-state index contributed by atoms with van der Waals surface area (Å²) in [4.78, 5) is 15.5. The highest BCUT2D eigenvalue weighted by molar-refractivity contribution is 6.12. The number of carbonyl (C=O) groups excluding carboxylic acids is 1. The molecule has 2 aliphatic rings. The minimum atomic E-state index is -0.386. The minimum absolute atomic E-state index is 0.0656. The van der Waals surface area contributed by atoms with Crippen molar-refractivity contribution in [1.82, 2.24) is 4.90 Å². The Kier molecular flexibility index (Phi) is 4.65. The summed E-state index contributed by atoms with van der Waals surface area (Å²) in [5.74, 6) is 0.726. The standard InChI is InChI=1S/C26H23NO2/c28-25-22-10-4-5-11-24(22)29-26(23(25)18-27-16-6-7-17-27)21-14-12-20(13-15-21)19-8-2-1-3-9-19/h1-5,8-15,18,26H,6-7,16-17H2/b23-18-. The Balaban J connectivity index is 1.53. The average molecular weight is 381 g/mol. The predicted molar refractivity (Wildman–Crippen MR) is 115 cm³/mol. The van der Waals surface area contributed by atoms with Gasteiger partial charge in [-0.2, -0.15) is 0 Å². The number of hydrogen-bond acceptors (Lipinski definition) is 3. The largest absolute Gasteiger partial charge is 0.480 e. The first-order valence-corrected chi connectivity index (χ1v) is 10.2. The molecule has 2 aliphatic heterocycles. The molecule has 29 heavy (non-hydrogen) atoms. The summed E-state index contributed by atoms with van der Waals surface area (Å²) in [5, 5.41) is 0. The maximum atomic E-state index is 13.3. The molecule has 1 atom stereocenters. The molecule has 144 valence electrons. The van der Waals surface area contributed by atoms with Gasteiger partial charge in [0.25, 0.3) is 0 Å². The Morgan fingerprint density at radius 2 is 1.45 bits per heavy atom. The maximum Gasteiger partial charge on any atom is 0.198 e. The van der Waals surface area contributed by atoms with Gasteiger partial charge in [0.1, 0.15) is 5.75 Å². The van der Waals surface area contributed by atoms with Crippen LogP contribution < -0.4 is 4.74 Å². The number of fused-ring (bicyclic) bond motifs is 1. The number of Topliss-reactive ketones (excluding diaryl/α,β-unsaturated/α-hetero) is 1. The van der Waals surface area contributed by atoms with E-state index in [9.17, 15) is 4.79 Å². The zero-order valence-electron chi connectivity index (χ0n) is 16.3. The SMILES string of the molecule is O=C1/C(=C/N2CCCC2)C(c2ccc(-c3ccccc3)cc2)Oc2ccccc21. The number of rotatable bonds is 3. The molecule has 3 aromatic carbocycles. The van der Waals surface area contributed by atoms with Crippen LogP contribution in [-0.2, 0) is 0 Å². The van der Waals surface area contributed by atoms with Crippen LogP contribution in [0.3, 0.4) is 0 Å². The number of likely N-dealkylation sites (tertiary alicyclic amines) is 1. The van der Waals surface area contributed by atoms with Gasteiger partial charge in [-0.25, -0.2) is 0 Å². The van der Waals surface area contributed by atoms with Crippen molar-refractivity contribution in [3.63, 3.8) is 0 Å². The van der Waals surface area contributed by atoms with Crippen LogP contribution in [0, 0.1) is 0 Å². The van der Waals surface area contributed by atoms with Crippen LogP contribution in [0.25, 0.3) is 11.1 Å². The molecule has 5 rings (SSSR count). The summed E-state index contributed by atoms with van der Waals surface area (Å²) < 4.78 is 6.34. The Morgan fingerprint density at radius 1 is 0.793 bits per heavy atom. The molecule has 0 spiro atoms. The molecule has 1 fully saturated rings. The number of para-hydroxylation sites is 1. The van der Waals surface area contributed by atoms with E-state index in [4.69, 9.17) is 4.74 Å². The molecule has 1 saturated heterocycles. The zero-order valence-corrected chi connectivity index (χ0v) is 16.3. The van der Waals surface area contributed by atoms with Gasteiger partial charge in [-0.1, -0.05) is 66.7 Å². The smallest absolute Gasteiger partial charge is 0.198 e. The second kappa shape index (κ2) is 7.59. The van der Waals surface area contributed by atoms with Crippen molar-refractivity contribution in [3.8, 4) is 16.9 Å². The second-order valence-electron chi connectivity index (χ2n) is 7.64. The first-order chi connectivity index (χ1) is 14.3. The lowest BCUT2D eigenvalue weighted by atomic mass is 9.90. The summed E-state index contributed by atoms with van der Waals surface area (Å²) >= 11 is 0. The van der Waals surface area contributed by atoms with Gasteiger partial charge in [-0.3, -0.25) is 4.79 Å². The summed E-state index contributed by atoms with van der Waals surface area (Å²) in [6.45, 7) is 2.00.